The van der Waals surface area contributed by atoms with Gasteiger partial charge in [-0.2, -0.15) is 22.5 Å². The number of carbonyl (C=O) groups is 1. The van der Waals surface area contributed by atoms with Crippen molar-refractivity contribution in [3.05, 3.63) is 52.6 Å². The number of likely N-dealkylation sites (N-methyl/N-ethyl adjacent to an activating group) is 1. The maximum absolute atomic E-state index is 13.4. The SMILES string of the molecule is CN1C(C(=O)Nc2ccc(F)c(Cl)c2)CC(c2ncc(-c3cnn(C)c3)s2)NS1(=O)=O. The number of hydrogen-bond donors (Lipinski definition) is 2. The number of anilines is 1. The van der Waals surface area contributed by atoms with E-state index in [1.54, 1.807) is 24.1 Å². The molecule has 2 unspecified atom stereocenters. The lowest BCUT2D eigenvalue weighted by Crippen LogP contribution is -2.55. The van der Waals surface area contributed by atoms with Crippen LogP contribution in [0.5, 0.6) is 0 Å². The topological polar surface area (TPSA) is 109 Å². The number of amides is 1. The quantitative estimate of drug-likeness (QED) is 0.591. The van der Waals surface area contributed by atoms with Crippen LogP contribution in [0.15, 0.2) is 36.8 Å². The molecule has 1 fully saturated rings. The number of benzene rings is 1. The number of aromatic nitrogens is 3. The Morgan fingerprint density at radius 2 is 2.13 bits per heavy atom. The molecule has 2 aromatic heterocycles. The maximum atomic E-state index is 13.4. The molecule has 164 valence electrons. The number of nitrogens with zero attached hydrogens (tertiary/aromatic N) is 4. The minimum absolute atomic E-state index is 0.146. The Morgan fingerprint density at radius 1 is 1.35 bits per heavy atom. The Balaban J connectivity index is 1.57. The van der Waals surface area contributed by atoms with Crippen molar-refractivity contribution in [1.82, 2.24) is 23.8 Å². The number of rotatable bonds is 4. The second-order valence-corrected chi connectivity index (χ2v) is 10.3. The summed E-state index contributed by atoms with van der Waals surface area (Å²) in [5, 5.41) is 7.12. The zero-order valence-corrected chi connectivity index (χ0v) is 18.8. The van der Waals surface area contributed by atoms with Gasteiger partial charge in [0.15, 0.2) is 0 Å². The first-order valence-electron chi connectivity index (χ1n) is 9.10. The average molecular weight is 485 g/mol. The van der Waals surface area contributed by atoms with Crippen molar-refractivity contribution in [2.45, 2.75) is 18.5 Å². The van der Waals surface area contributed by atoms with Crippen molar-refractivity contribution in [1.29, 1.82) is 0 Å². The van der Waals surface area contributed by atoms with E-state index in [0.29, 0.717) is 5.01 Å². The zero-order valence-electron chi connectivity index (χ0n) is 16.4. The molecular weight excluding hydrogens is 467 g/mol. The first-order valence-corrected chi connectivity index (χ1v) is 11.7. The molecule has 0 spiro atoms. The molecule has 0 saturated carbocycles. The van der Waals surface area contributed by atoms with E-state index in [2.05, 4.69) is 20.1 Å². The molecule has 4 rings (SSSR count). The lowest BCUT2D eigenvalue weighted by molar-refractivity contribution is -0.120. The molecule has 31 heavy (non-hydrogen) atoms. The Hall–Kier alpha value is -2.38. The summed E-state index contributed by atoms with van der Waals surface area (Å²) in [6, 6.07) is 2.07. The third-order valence-electron chi connectivity index (χ3n) is 4.87. The van der Waals surface area contributed by atoms with Crippen LogP contribution in [0.2, 0.25) is 5.02 Å². The van der Waals surface area contributed by atoms with E-state index in [0.717, 1.165) is 20.8 Å². The van der Waals surface area contributed by atoms with E-state index < -0.39 is 34.0 Å². The smallest absolute Gasteiger partial charge is 0.280 e. The molecule has 0 aliphatic carbocycles. The highest BCUT2D eigenvalue weighted by Gasteiger charge is 2.41. The summed E-state index contributed by atoms with van der Waals surface area (Å²) in [6.07, 6.45) is 5.34. The van der Waals surface area contributed by atoms with Gasteiger partial charge in [0.2, 0.25) is 5.91 Å². The Bertz CT molecular complexity index is 1240. The van der Waals surface area contributed by atoms with Crippen molar-refractivity contribution in [2.24, 2.45) is 7.05 Å². The van der Waals surface area contributed by atoms with E-state index in [-0.39, 0.29) is 17.1 Å². The molecule has 2 atom stereocenters. The summed E-state index contributed by atoms with van der Waals surface area (Å²) < 4.78 is 43.8. The highest BCUT2D eigenvalue weighted by molar-refractivity contribution is 7.87. The van der Waals surface area contributed by atoms with Gasteiger partial charge in [-0.1, -0.05) is 11.6 Å². The van der Waals surface area contributed by atoms with Gasteiger partial charge in [0.25, 0.3) is 10.2 Å². The molecule has 0 radical (unpaired) electrons. The van der Waals surface area contributed by atoms with Gasteiger partial charge >= 0.3 is 0 Å². The minimum atomic E-state index is -3.92. The highest BCUT2D eigenvalue weighted by atomic mass is 35.5. The Labute approximate surface area is 187 Å². The van der Waals surface area contributed by atoms with Gasteiger partial charge in [-0.05, 0) is 24.6 Å². The standard InChI is InChI=1S/C18H18ClFN6O3S2/c1-25-9-10(7-22-25)16-8-21-18(30-16)14-6-15(26(2)31(28,29)24-14)17(27)23-11-3-4-13(20)12(19)5-11/h3-5,7-9,14-15,24H,6H2,1-2H3,(H,23,27). The molecule has 9 nitrogen and oxygen atoms in total. The van der Waals surface area contributed by atoms with E-state index in [1.807, 2.05) is 6.20 Å². The molecule has 1 amide bonds. The van der Waals surface area contributed by atoms with E-state index >= 15 is 0 Å². The fourth-order valence-corrected chi connectivity index (χ4v) is 5.67. The largest absolute Gasteiger partial charge is 0.325 e. The fraction of sp³-hybridized carbons (Fsp3) is 0.278. The average Bonchev–Trinajstić information content (AvgIpc) is 3.35. The van der Waals surface area contributed by atoms with Crippen LogP contribution in [0.3, 0.4) is 0 Å². The molecule has 0 bridgehead atoms. The molecule has 2 N–H and O–H groups in total. The third kappa shape index (κ3) is 4.48. The van der Waals surface area contributed by atoms with Crippen LogP contribution in [-0.4, -0.2) is 46.5 Å². The number of carbonyl (C=O) groups excluding carboxylic acids is 1. The molecule has 3 heterocycles. The van der Waals surface area contributed by atoms with Gasteiger partial charge in [0, 0.05) is 37.7 Å². The summed E-state index contributed by atoms with van der Waals surface area (Å²) in [6.45, 7) is 0. The third-order valence-corrected chi connectivity index (χ3v) is 7.91. The summed E-state index contributed by atoms with van der Waals surface area (Å²) >= 11 is 7.09. The Kier molecular flexibility index (Phi) is 5.83. The van der Waals surface area contributed by atoms with E-state index in [9.17, 15) is 17.6 Å². The lowest BCUT2D eigenvalue weighted by Gasteiger charge is -2.35. The molecule has 3 aromatic rings. The summed E-state index contributed by atoms with van der Waals surface area (Å²) in [7, 11) is -0.802. The molecule has 1 aliphatic rings. The zero-order chi connectivity index (χ0) is 22.3. The predicted molar refractivity (Wildman–Crippen MR) is 115 cm³/mol. The normalized spacial score (nSPS) is 21.2. The molecular formula is C18H18ClFN6O3S2. The summed E-state index contributed by atoms with van der Waals surface area (Å²) in [4.78, 5) is 18.1. The summed E-state index contributed by atoms with van der Waals surface area (Å²) in [5.74, 6) is -1.17. The van der Waals surface area contributed by atoms with Gasteiger partial charge in [-0.15, -0.1) is 11.3 Å². The second kappa shape index (κ2) is 8.28. The highest BCUT2D eigenvalue weighted by Crippen LogP contribution is 2.34. The van der Waals surface area contributed by atoms with Crippen molar-refractivity contribution in [2.75, 3.05) is 12.4 Å². The molecule has 1 aromatic carbocycles. The van der Waals surface area contributed by atoms with Gasteiger partial charge in [-0.3, -0.25) is 9.48 Å². The van der Waals surface area contributed by atoms with Gasteiger partial charge < -0.3 is 5.32 Å². The molecule has 1 aliphatic heterocycles. The van der Waals surface area contributed by atoms with Crippen LogP contribution in [0.1, 0.15) is 17.5 Å². The van der Waals surface area contributed by atoms with E-state index in [4.69, 9.17) is 11.6 Å². The first-order chi connectivity index (χ1) is 14.6. The fourth-order valence-electron chi connectivity index (χ4n) is 3.20. The van der Waals surface area contributed by atoms with Crippen LogP contribution in [-0.2, 0) is 22.1 Å². The van der Waals surface area contributed by atoms with Crippen LogP contribution in [0.4, 0.5) is 10.1 Å². The lowest BCUT2D eigenvalue weighted by atomic mass is 10.1. The second-order valence-electron chi connectivity index (χ2n) is 7.03. The van der Waals surface area contributed by atoms with Crippen LogP contribution in [0.25, 0.3) is 10.4 Å². The molecule has 1 saturated heterocycles. The monoisotopic (exact) mass is 484 g/mol. The number of aryl methyl sites for hydroxylation is 1. The van der Waals surface area contributed by atoms with Crippen LogP contribution in [0, 0.1) is 5.82 Å². The van der Waals surface area contributed by atoms with Gasteiger partial charge in [-0.25, -0.2) is 9.37 Å². The minimum Gasteiger partial charge on any atom is -0.325 e. The number of halogens is 2. The molecule has 13 heteroatoms. The van der Waals surface area contributed by atoms with Crippen molar-refractivity contribution >= 4 is 44.7 Å². The number of thiazole rings is 1. The van der Waals surface area contributed by atoms with Crippen molar-refractivity contribution in [3.63, 3.8) is 0 Å². The van der Waals surface area contributed by atoms with Crippen molar-refractivity contribution in [3.8, 4) is 10.4 Å². The first kappa shape index (κ1) is 21.8. The number of hydrogen-bond acceptors (Lipinski definition) is 6. The van der Waals surface area contributed by atoms with Crippen LogP contribution >= 0.6 is 22.9 Å². The number of nitrogens with one attached hydrogen (secondary N) is 2. The maximum Gasteiger partial charge on any atom is 0.280 e. The van der Waals surface area contributed by atoms with Crippen molar-refractivity contribution < 1.29 is 17.6 Å². The predicted octanol–water partition coefficient (Wildman–Crippen LogP) is 2.55. The summed E-state index contributed by atoms with van der Waals surface area (Å²) in [5.41, 5.74) is 1.13. The van der Waals surface area contributed by atoms with Gasteiger partial charge in [0.1, 0.15) is 16.9 Å². The van der Waals surface area contributed by atoms with Crippen LogP contribution < -0.4 is 10.0 Å². The van der Waals surface area contributed by atoms with Gasteiger partial charge in [0.05, 0.1) is 22.1 Å². The Morgan fingerprint density at radius 3 is 2.81 bits per heavy atom. The van der Waals surface area contributed by atoms with E-state index in [1.165, 1.54) is 30.5 Å².